The minimum Gasteiger partial charge on any atom is -0.352 e. The van der Waals surface area contributed by atoms with E-state index in [1.165, 1.54) is 11.3 Å². The second-order valence-corrected chi connectivity index (χ2v) is 8.29. The van der Waals surface area contributed by atoms with Crippen molar-refractivity contribution in [3.8, 4) is 22.0 Å². The molecule has 0 saturated carbocycles. The Morgan fingerprint density at radius 3 is 2.53 bits per heavy atom. The van der Waals surface area contributed by atoms with E-state index in [4.69, 9.17) is 0 Å². The fourth-order valence-electron chi connectivity index (χ4n) is 3.30. The van der Waals surface area contributed by atoms with Gasteiger partial charge in [0.1, 0.15) is 0 Å². The largest absolute Gasteiger partial charge is 0.352 e. The van der Waals surface area contributed by atoms with Crippen LogP contribution in [0.4, 0.5) is 5.13 Å². The Labute approximate surface area is 190 Å². The van der Waals surface area contributed by atoms with Crippen LogP contribution >= 0.6 is 11.3 Å². The van der Waals surface area contributed by atoms with Crippen molar-refractivity contribution >= 4 is 28.3 Å². The predicted octanol–water partition coefficient (Wildman–Crippen LogP) is 4.28. The van der Waals surface area contributed by atoms with Gasteiger partial charge in [-0.1, -0.05) is 59.9 Å². The van der Waals surface area contributed by atoms with Gasteiger partial charge in [-0.05, 0) is 18.6 Å². The van der Waals surface area contributed by atoms with Crippen LogP contribution in [0.1, 0.15) is 22.3 Å². The van der Waals surface area contributed by atoms with Gasteiger partial charge in [0.15, 0.2) is 11.0 Å². The van der Waals surface area contributed by atoms with Crippen LogP contribution in [0.15, 0.2) is 67.0 Å². The van der Waals surface area contributed by atoms with Crippen molar-refractivity contribution in [2.24, 2.45) is 7.05 Å². The maximum atomic E-state index is 12.5. The number of hydrogen-bond donors (Lipinski definition) is 2. The highest BCUT2D eigenvalue weighted by molar-refractivity contribution is 7.19. The monoisotopic (exact) mass is 445 g/mol. The Kier molecular flexibility index (Phi) is 6.42. The molecular formula is C24H23N5O2S. The Balaban J connectivity index is 1.44. The molecule has 0 saturated heterocycles. The average molecular weight is 446 g/mol. The smallest absolute Gasteiger partial charge is 0.251 e. The second kappa shape index (κ2) is 9.57. The first kappa shape index (κ1) is 21.5. The number of imidazole rings is 1. The standard InChI is InChI=1S/C24H23N5O2S/c1-16-8-6-7-11-18(16)23(31)26-13-12-19(30)27-24-28-20(17-9-4-3-5-10-17)21(32-24)22-25-14-15-29(22)2/h3-11,14-15H,12-13H2,1-2H3,(H,26,31)(H,27,28,30). The number of hydrogen-bond acceptors (Lipinski definition) is 5. The van der Waals surface area contributed by atoms with Gasteiger partial charge < -0.3 is 15.2 Å². The summed E-state index contributed by atoms with van der Waals surface area (Å²) in [6.07, 6.45) is 3.76. The van der Waals surface area contributed by atoms with Crippen LogP contribution < -0.4 is 10.6 Å². The molecule has 2 amide bonds. The number of amides is 2. The van der Waals surface area contributed by atoms with Crippen LogP contribution in [-0.2, 0) is 11.8 Å². The lowest BCUT2D eigenvalue weighted by molar-refractivity contribution is -0.116. The van der Waals surface area contributed by atoms with E-state index < -0.39 is 0 Å². The van der Waals surface area contributed by atoms with Crippen molar-refractivity contribution in [3.05, 3.63) is 78.1 Å². The van der Waals surface area contributed by atoms with Crippen molar-refractivity contribution in [2.45, 2.75) is 13.3 Å². The molecule has 7 nitrogen and oxygen atoms in total. The highest BCUT2D eigenvalue weighted by Gasteiger charge is 2.19. The van der Waals surface area contributed by atoms with Crippen molar-refractivity contribution in [1.82, 2.24) is 19.9 Å². The highest BCUT2D eigenvalue weighted by Crippen LogP contribution is 2.38. The molecule has 0 unspecified atom stereocenters. The molecule has 2 N–H and O–H groups in total. The van der Waals surface area contributed by atoms with Crippen LogP contribution in [0.25, 0.3) is 22.0 Å². The number of anilines is 1. The van der Waals surface area contributed by atoms with E-state index in [-0.39, 0.29) is 24.8 Å². The molecule has 4 rings (SSSR count). The van der Waals surface area contributed by atoms with E-state index >= 15 is 0 Å². The number of rotatable bonds is 7. The number of carbonyl (C=O) groups is 2. The fourth-order valence-corrected chi connectivity index (χ4v) is 4.34. The molecule has 0 fully saturated rings. The van der Waals surface area contributed by atoms with Gasteiger partial charge in [0.2, 0.25) is 5.91 Å². The van der Waals surface area contributed by atoms with Crippen molar-refractivity contribution in [2.75, 3.05) is 11.9 Å². The van der Waals surface area contributed by atoms with Crippen LogP contribution in [-0.4, -0.2) is 32.9 Å². The first-order valence-electron chi connectivity index (χ1n) is 10.2. The Hall–Kier alpha value is -3.78. The van der Waals surface area contributed by atoms with Gasteiger partial charge in [-0.2, -0.15) is 0 Å². The molecule has 0 aliphatic carbocycles. The van der Waals surface area contributed by atoms with Gasteiger partial charge in [-0.25, -0.2) is 9.97 Å². The molecule has 2 aromatic carbocycles. The number of nitrogens with zero attached hydrogens (tertiary/aromatic N) is 3. The van der Waals surface area contributed by atoms with E-state index in [0.717, 1.165) is 27.5 Å². The van der Waals surface area contributed by atoms with Gasteiger partial charge in [-0.15, -0.1) is 0 Å². The zero-order valence-corrected chi connectivity index (χ0v) is 18.6. The maximum absolute atomic E-state index is 12.5. The Bertz CT molecular complexity index is 1250. The molecular weight excluding hydrogens is 422 g/mol. The molecule has 0 aliphatic heterocycles. The van der Waals surface area contributed by atoms with Gasteiger partial charge in [0, 0.05) is 43.5 Å². The van der Waals surface area contributed by atoms with Crippen molar-refractivity contribution in [1.29, 1.82) is 0 Å². The van der Waals surface area contributed by atoms with Crippen LogP contribution in [0.2, 0.25) is 0 Å². The molecule has 162 valence electrons. The number of carbonyl (C=O) groups excluding carboxylic acids is 2. The molecule has 8 heteroatoms. The third-order valence-electron chi connectivity index (χ3n) is 4.97. The van der Waals surface area contributed by atoms with Gasteiger partial charge in [0.25, 0.3) is 5.91 Å². The zero-order valence-electron chi connectivity index (χ0n) is 17.8. The Morgan fingerprint density at radius 2 is 1.81 bits per heavy atom. The number of aromatic nitrogens is 3. The van der Waals surface area contributed by atoms with Crippen LogP contribution in [0.5, 0.6) is 0 Å². The second-order valence-electron chi connectivity index (χ2n) is 7.29. The number of nitrogens with one attached hydrogen (secondary N) is 2. The summed E-state index contributed by atoms with van der Waals surface area (Å²) in [7, 11) is 1.92. The minimum atomic E-state index is -0.213. The lowest BCUT2D eigenvalue weighted by Gasteiger charge is -2.07. The van der Waals surface area contributed by atoms with Crippen LogP contribution in [0, 0.1) is 6.92 Å². The predicted molar refractivity (Wildman–Crippen MR) is 127 cm³/mol. The average Bonchev–Trinajstić information content (AvgIpc) is 3.40. The first-order chi connectivity index (χ1) is 15.5. The fraction of sp³-hybridized carbons (Fsp3) is 0.167. The molecule has 32 heavy (non-hydrogen) atoms. The summed E-state index contributed by atoms with van der Waals surface area (Å²) in [5.74, 6) is 0.385. The third-order valence-corrected chi connectivity index (χ3v) is 5.94. The molecule has 0 aliphatic rings. The summed E-state index contributed by atoms with van der Waals surface area (Å²) in [4.78, 5) is 34.8. The van der Waals surface area contributed by atoms with Crippen molar-refractivity contribution < 1.29 is 9.59 Å². The van der Waals surface area contributed by atoms with E-state index in [0.29, 0.717) is 10.7 Å². The maximum Gasteiger partial charge on any atom is 0.251 e. The molecule has 0 atom stereocenters. The summed E-state index contributed by atoms with van der Waals surface area (Å²) in [6, 6.07) is 17.2. The highest BCUT2D eigenvalue weighted by atomic mass is 32.1. The van der Waals surface area contributed by atoms with Gasteiger partial charge >= 0.3 is 0 Å². The zero-order chi connectivity index (χ0) is 22.5. The van der Waals surface area contributed by atoms with Gasteiger partial charge in [-0.3, -0.25) is 9.59 Å². The summed E-state index contributed by atoms with van der Waals surface area (Å²) in [5.41, 5.74) is 3.23. The quantitative estimate of drug-likeness (QED) is 0.444. The minimum absolute atomic E-state index is 0.148. The molecule has 0 bridgehead atoms. The lowest BCUT2D eigenvalue weighted by Crippen LogP contribution is -2.28. The number of aryl methyl sites for hydroxylation is 2. The molecule has 2 aromatic heterocycles. The SMILES string of the molecule is Cc1ccccc1C(=O)NCCC(=O)Nc1nc(-c2ccccc2)c(-c2nccn2C)s1. The molecule has 4 aromatic rings. The third kappa shape index (κ3) is 4.76. The summed E-state index contributed by atoms with van der Waals surface area (Å²) in [5, 5.41) is 6.15. The molecule has 0 spiro atoms. The van der Waals surface area contributed by atoms with Crippen molar-refractivity contribution in [3.63, 3.8) is 0 Å². The summed E-state index contributed by atoms with van der Waals surface area (Å²) < 4.78 is 1.92. The molecule has 0 radical (unpaired) electrons. The molecule has 2 heterocycles. The topological polar surface area (TPSA) is 88.9 Å². The van der Waals surface area contributed by atoms with E-state index in [2.05, 4.69) is 20.6 Å². The Morgan fingerprint density at radius 1 is 1.06 bits per heavy atom. The number of benzene rings is 2. The number of thiazole rings is 1. The van der Waals surface area contributed by atoms with E-state index in [1.54, 1.807) is 12.3 Å². The first-order valence-corrected chi connectivity index (χ1v) is 11.0. The van der Waals surface area contributed by atoms with Gasteiger partial charge in [0.05, 0.1) is 10.6 Å². The van der Waals surface area contributed by atoms with E-state index in [1.807, 2.05) is 73.3 Å². The summed E-state index contributed by atoms with van der Waals surface area (Å²) in [6.45, 7) is 2.12. The normalized spacial score (nSPS) is 10.7. The van der Waals surface area contributed by atoms with E-state index in [9.17, 15) is 9.59 Å². The van der Waals surface area contributed by atoms with Crippen LogP contribution in [0.3, 0.4) is 0 Å². The lowest BCUT2D eigenvalue weighted by atomic mass is 10.1. The summed E-state index contributed by atoms with van der Waals surface area (Å²) >= 11 is 1.38.